The first kappa shape index (κ1) is 14.9. The fourth-order valence-electron chi connectivity index (χ4n) is 2.75. The van der Waals surface area contributed by atoms with Crippen molar-refractivity contribution in [2.45, 2.75) is 20.0 Å². The second-order valence-corrected chi connectivity index (χ2v) is 6.76. The van der Waals surface area contributed by atoms with E-state index in [0.717, 1.165) is 26.9 Å². The Labute approximate surface area is 142 Å². The first-order chi connectivity index (χ1) is 11.5. The zero-order valence-corrected chi connectivity index (χ0v) is 14.3. The third kappa shape index (κ3) is 2.37. The van der Waals surface area contributed by atoms with Gasteiger partial charge in [-0.25, -0.2) is 9.78 Å². The van der Waals surface area contributed by atoms with Crippen molar-refractivity contribution in [1.29, 1.82) is 0 Å². The molecular formula is C17H16N4O2S. The molecule has 1 atom stereocenters. The topological polar surface area (TPSA) is 72.8 Å². The Morgan fingerprint density at radius 1 is 1.38 bits per heavy atom. The van der Waals surface area contributed by atoms with Crippen LogP contribution in [0.15, 0.2) is 30.3 Å². The van der Waals surface area contributed by atoms with Crippen LogP contribution < -0.4 is 0 Å². The van der Waals surface area contributed by atoms with E-state index in [1.54, 1.807) is 4.68 Å². The SMILES string of the molecule is Cc1nn(C)c2sc(C(=O)OC(C)c3nc4ccccc4[nH]3)cc12. The Kier molecular flexibility index (Phi) is 3.38. The first-order valence-electron chi connectivity index (χ1n) is 7.61. The Bertz CT molecular complexity index is 992. The number of nitrogens with zero attached hydrogens (tertiary/aromatic N) is 3. The number of carbonyl (C=O) groups is 1. The van der Waals surface area contributed by atoms with Gasteiger partial charge in [-0.1, -0.05) is 12.1 Å². The standard InChI is InChI=1S/C17H16N4O2S/c1-9-11-8-14(24-16(11)21(3)20-9)17(22)23-10(2)15-18-12-6-4-5-7-13(12)19-15/h4-8,10H,1-3H3,(H,18,19). The minimum atomic E-state index is -0.450. The van der Waals surface area contributed by atoms with E-state index < -0.39 is 6.10 Å². The number of ether oxygens (including phenoxy) is 1. The third-order valence-electron chi connectivity index (χ3n) is 3.97. The van der Waals surface area contributed by atoms with E-state index in [1.165, 1.54) is 11.3 Å². The summed E-state index contributed by atoms with van der Waals surface area (Å²) in [7, 11) is 1.87. The molecule has 6 nitrogen and oxygen atoms in total. The minimum absolute atomic E-state index is 0.344. The molecule has 122 valence electrons. The average molecular weight is 340 g/mol. The van der Waals surface area contributed by atoms with Gasteiger partial charge in [0.15, 0.2) is 6.10 Å². The number of carbonyl (C=O) groups excluding carboxylic acids is 1. The van der Waals surface area contributed by atoms with Gasteiger partial charge in [-0.3, -0.25) is 4.68 Å². The molecule has 4 aromatic rings. The molecule has 1 unspecified atom stereocenters. The molecule has 0 bridgehead atoms. The number of fused-ring (bicyclic) bond motifs is 2. The summed E-state index contributed by atoms with van der Waals surface area (Å²) in [4.78, 5) is 21.7. The highest BCUT2D eigenvalue weighted by molar-refractivity contribution is 7.20. The number of esters is 1. The van der Waals surface area contributed by atoms with Gasteiger partial charge in [-0.15, -0.1) is 11.3 Å². The Balaban J connectivity index is 1.58. The fraction of sp³-hybridized carbons (Fsp3) is 0.235. The number of benzene rings is 1. The van der Waals surface area contributed by atoms with Gasteiger partial charge in [0.25, 0.3) is 0 Å². The van der Waals surface area contributed by atoms with Gasteiger partial charge in [-0.2, -0.15) is 5.10 Å². The zero-order chi connectivity index (χ0) is 16.8. The third-order valence-corrected chi connectivity index (χ3v) is 5.16. The number of H-pyrrole nitrogens is 1. The number of imidazole rings is 1. The van der Waals surface area contributed by atoms with E-state index in [1.807, 2.05) is 51.2 Å². The number of hydrogen-bond donors (Lipinski definition) is 1. The molecule has 1 aromatic carbocycles. The van der Waals surface area contributed by atoms with Gasteiger partial charge in [0.2, 0.25) is 0 Å². The average Bonchev–Trinajstić information content (AvgIpc) is 3.23. The first-order valence-corrected chi connectivity index (χ1v) is 8.43. The van der Waals surface area contributed by atoms with E-state index in [0.29, 0.717) is 10.7 Å². The second kappa shape index (κ2) is 5.45. The molecule has 1 N–H and O–H groups in total. The fourth-order valence-corrected chi connectivity index (χ4v) is 3.75. The summed E-state index contributed by atoms with van der Waals surface area (Å²) in [6.07, 6.45) is -0.450. The van der Waals surface area contributed by atoms with Crippen LogP contribution in [0, 0.1) is 6.92 Å². The van der Waals surface area contributed by atoms with Crippen molar-refractivity contribution in [3.63, 3.8) is 0 Å². The molecule has 0 fully saturated rings. The van der Waals surface area contributed by atoms with Crippen molar-refractivity contribution in [2.75, 3.05) is 0 Å². The molecule has 0 saturated heterocycles. The van der Waals surface area contributed by atoms with Crippen LogP contribution in [0.4, 0.5) is 0 Å². The van der Waals surface area contributed by atoms with Crippen LogP contribution in [0.2, 0.25) is 0 Å². The number of hydrogen-bond acceptors (Lipinski definition) is 5. The summed E-state index contributed by atoms with van der Waals surface area (Å²) < 4.78 is 7.37. The summed E-state index contributed by atoms with van der Waals surface area (Å²) in [5, 5.41) is 5.33. The molecule has 0 aliphatic heterocycles. The highest BCUT2D eigenvalue weighted by atomic mass is 32.1. The largest absolute Gasteiger partial charge is 0.450 e. The van der Waals surface area contributed by atoms with Gasteiger partial charge in [0.05, 0.1) is 16.7 Å². The highest BCUT2D eigenvalue weighted by Crippen LogP contribution is 2.29. The Morgan fingerprint density at radius 2 is 2.17 bits per heavy atom. The number of nitrogens with one attached hydrogen (secondary N) is 1. The van der Waals surface area contributed by atoms with Gasteiger partial charge in [0, 0.05) is 12.4 Å². The highest BCUT2D eigenvalue weighted by Gasteiger charge is 2.20. The molecule has 3 aromatic heterocycles. The van der Waals surface area contributed by atoms with Crippen LogP contribution in [-0.2, 0) is 11.8 Å². The second-order valence-electron chi connectivity index (χ2n) is 5.73. The number of aromatic amines is 1. The maximum Gasteiger partial charge on any atom is 0.349 e. The molecule has 3 heterocycles. The summed E-state index contributed by atoms with van der Waals surface area (Å²) in [6.45, 7) is 3.75. The van der Waals surface area contributed by atoms with Crippen LogP contribution in [0.1, 0.15) is 34.2 Å². The van der Waals surface area contributed by atoms with E-state index in [4.69, 9.17) is 4.74 Å². The van der Waals surface area contributed by atoms with Crippen molar-refractivity contribution in [1.82, 2.24) is 19.7 Å². The molecular weight excluding hydrogens is 324 g/mol. The lowest BCUT2D eigenvalue weighted by atomic mass is 10.3. The molecule has 0 aliphatic rings. The number of aryl methyl sites for hydroxylation is 2. The van der Waals surface area contributed by atoms with Crippen LogP contribution >= 0.6 is 11.3 Å². The number of aromatic nitrogens is 4. The van der Waals surface area contributed by atoms with E-state index >= 15 is 0 Å². The predicted molar refractivity (Wildman–Crippen MR) is 93.3 cm³/mol. The van der Waals surface area contributed by atoms with E-state index in [2.05, 4.69) is 15.1 Å². The summed E-state index contributed by atoms with van der Waals surface area (Å²) >= 11 is 1.39. The van der Waals surface area contributed by atoms with Crippen LogP contribution in [0.25, 0.3) is 21.3 Å². The maximum absolute atomic E-state index is 12.5. The normalized spacial score (nSPS) is 12.8. The van der Waals surface area contributed by atoms with Gasteiger partial charge in [0.1, 0.15) is 15.5 Å². The summed E-state index contributed by atoms with van der Waals surface area (Å²) in [5.41, 5.74) is 2.70. The van der Waals surface area contributed by atoms with Crippen LogP contribution in [0.5, 0.6) is 0 Å². The van der Waals surface area contributed by atoms with Crippen molar-refractivity contribution >= 4 is 38.6 Å². The van der Waals surface area contributed by atoms with Crippen molar-refractivity contribution in [3.8, 4) is 0 Å². The summed E-state index contributed by atoms with van der Waals surface area (Å²) in [5.74, 6) is 0.298. The number of thiophene rings is 1. The smallest absolute Gasteiger partial charge is 0.349 e. The Morgan fingerprint density at radius 3 is 2.92 bits per heavy atom. The maximum atomic E-state index is 12.5. The summed E-state index contributed by atoms with van der Waals surface area (Å²) in [6, 6.07) is 9.58. The van der Waals surface area contributed by atoms with Crippen molar-refractivity contribution < 1.29 is 9.53 Å². The van der Waals surface area contributed by atoms with Crippen LogP contribution in [-0.4, -0.2) is 25.7 Å². The molecule has 0 amide bonds. The number of para-hydroxylation sites is 2. The molecule has 24 heavy (non-hydrogen) atoms. The van der Waals surface area contributed by atoms with Gasteiger partial charge >= 0.3 is 5.97 Å². The Hall–Kier alpha value is -2.67. The quantitative estimate of drug-likeness (QED) is 0.577. The van der Waals surface area contributed by atoms with E-state index in [-0.39, 0.29) is 5.97 Å². The molecule has 0 saturated carbocycles. The molecule has 0 spiro atoms. The lowest BCUT2D eigenvalue weighted by molar-refractivity contribution is 0.0328. The molecule has 7 heteroatoms. The van der Waals surface area contributed by atoms with Gasteiger partial charge < -0.3 is 9.72 Å². The van der Waals surface area contributed by atoms with E-state index in [9.17, 15) is 4.79 Å². The molecule has 4 rings (SSSR count). The zero-order valence-electron chi connectivity index (χ0n) is 13.5. The lowest BCUT2D eigenvalue weighted by Crippen LogP contribution is -2.09. The van der Waals surface area contributed by atoms with Gasteiger partial charge in [-0.05, 0) is 32.0 Å². The monoisotopic (exact) mass is 340 g/mol. The van der Waals surface area contributed by atoms with Crippen molar-refractivity contribution in [3.05, 3.63) is 46.7 Å². The minimum Gasteiger partial charge on any atom is -0.450 e. The number of rotatable bonds is 3. The lowest BCUT2D eigenvalue weighted by Gasteiger charge is -2.09. The van der Waals surface area contributed by atoms with Crippen molar-refractivity contribution in [2.24, 2.45) is 7.05 Å². The predicted octanol–water partition coefficient (Wildman–Crippen LogP) is 3.74. The molecule has 0 aliphatic carbocycles. The van der Waals surface area contributed by atoms with Crippen LogP contribution in [0.3, 0.4) is 0 Å². The molecule has 0 radical (unpaired) electrons.